The summed E-state index contributed by atoms with van der Waals surface area (Å²) in [6.45, 7) is 5.83. The summed E-state index contributed by atoms with van der Waals surface area (Å²) in [7, 11) is 0. The second-order valence-corrected chi connectivity index (χ2v) is 6.69. The van der Waals surface area contributed by atoms with Gasteiger partial charge in [0.25, 0.3) is 0 Å². The summed E-state index contributed by atoms with van der Waals surface area (Å²) < 4.78 is 0. The van der Waals surface area contributed by atoms with Gasteiger partial charge in [-0.25, -0.2) is 0 Å². The van der Waals surface area contributed by atoms with E-state index in [1.807, 2.05) is 20.8 Å². The van der Waals surface area contributed by atoms with Gasteiger partial charge in [0.1, 0.15) is 0 Å². The molecule has 7 N–H and O–H groups in total. The molecule has 5 atom stereocenters. The first-order valence-corrected chi connectivity index (χ1v) is 7.84. The fraction of sp³-hybridized carbons (Fsp3) is 0.867. The first kappa shape index (κ1) is 17.9. The summed E-state index contributed by atoms with van der Waals surface area (Å²) in [6.07, 6.45) is 3.82. The number of hydrogen-bond acceptors (Lipinski definition) is 4. The summed E-state index contributed by atoms with van der Waals surface area (Å²) in [5.74, 6) is -0.104. The van der Waals surface area contributed by atoms with Crippen LogP contribution in [-0.2, 0) is 9.59 Å². The maximum absolute atomic E-state index is 12.0. The Morgan fingerprint density at radius 2 is 1.71 bits per heavy atom. The largest absolute Gasteiger partial charge is 0.368 e. The molecule has 0 radical (unpaired) electrons. The fourth-order valence-electron chi connectivity index (χ4n) is 2.99. The van der Waals surface area contributed by atoms with Gasteiger partial charge in [-0.2, -0.15) is 0 Å². The molecule has 2 amide bonds. The topological polar surface area (TPSA) is 124 Å². The van der Waals surface area contributed by atoms with E-state index in [0.717, 1.165) is 25.7 Å². The zero-order valence-electron chi connectivity index (χ0n) is 13.3. The van der Waals surface area contributed by atoms with Crippen LogP contribution in [0.2, 0.25) is 0 Å². The number of carbonyl (C=O) groups is 2. The molecule has 1 rings (SSSR count). The van der Waals surface area contributed by atoms with Gasteiger partial charge in [0.15, 0.2) is 0 Å². The Balaban J connectivity index is 2.56. The molecule has 0 aromatic rings. The quantitative estimate of drug-likeness (QED) is 0.555. The Labute approximate surface area is 127 Å². The van der Waals surface area contributed by atoms with E-state index in [0.29, 0.717) is 5.92 Å². The molecule has 0 bridgehead atoms. The number of nitrogens with two attached hydrogens (primary N) is 3. The van der Waals surface area contributed by atoms with Gasteiger partial charge >= 0.3 is 0 Å². The second-order valence-electron chi connectivity index (χ2n) is 6.69. The van der Waals surface area contributed by atoms with Crippen LogP contribution in [0.4, 0.5) is 0 Å². The molecule has 0 aliphatic heterocycles. The van der Waals surface area contributed by atoms with Crippen molar-refractivity contribution in [2.75, 3.05) is 0 Å². The maximum Gasteiger partial charge on any atom is 0.237 e. The molecule has 0 heterocycles. The van der Waals surface area contributed by atoms with Crippen molar-refractivity contribution in [1.82, 2.24) is 5.32 Å². The fourth-order valence-corrected chi connectivity index (χ4v) is 2.99. The third-order valence-corrected chi connectivity index (χ3v) is 4.72. The van der Waals surface area contributed by atoms with Crippen molar-refractivity contribution in [3.05, 3.63) is 0 Å². The van der Waals surface area contributed by atoms with E-state index in [-0.39, 0.29) is 23.8 Å². The number of hydrogen-bond donors (Lipinski definition) is 4. The van der Waals surface area contributed by atoms with Crippen LogP contribution < -0.4 is 22.5 Å². The van der Waals surface area contributed by atoms with Gasteiger partial charge < -0.3 is 22.5 Å². The van der Waals surface area contributed by atoms with Crippen molar-refractivity contribution in [2.45, 2.75) is 64.6 Å². The van der Waals surface area contributed by atoms with Crippen LogP contribution in [0.5, 0.6) is 0 Å². The Hall–Kier alpha value is -1.14. The normalized spacial score (nSPS) is 27.0. The average Bonchev–Trinajstić information content (AvgIpc) is 2.44. The summed E-state index contributed by atoms with van der Waals surface area (Å²) in [6, 6.07) is -0.985. The predicted octanol–water partition coefficient (Wildman–Crippen LogP) is 0.0934. The molecule has 122 valence electrons. The van der Waals surface area contributed by atoms with Gasteiger partial charge in [-0.15, -0.1) is 0 Å². The first-order chi connectivity index (χ1) is 9.73. The minimum atomic E-state index is -0.623. The maximum atomic E-state index is 12.0. The molecular weight excluding hydrogens is 268 g/mol. The third-order valence-electron chi connectivity index (χ3n) is 4.72. The van der Waals surface area contributed by atoms with Crippen molar-refractivity contribution in [3.63, 3.8) is 0 Å². The summed E-state index contributed by atoms with van der Waals surface area (Å²) in [4.78, 5) is 23.3. The highest BCUT2D eigenvalue weighted by atomic mass is 16.2. The minimum Gasteiger partial charge on any atom is -0.368 e. The van der Waals surface area contributed by atoms with Crippen LogP contribution in [0, 0.1) is 17.8 Å². The average molecular weight is 298 g/mol. The lowest BCUT2D eigenvalue weighted by atomic mass is 9.75. The molecule has 0 aromatic heterocycles. The molecule has 0 saturated heterocycles. The van der Waals surface area contributed by atoms with E-state index in [4.69, 9.17) is 17.2 Å². The number of primary amides is 1. The van der Waals surface area contributed by atoms with E-state index in [2.05, 4.69) is 5.32 Å². The molecule has 6 nitrogen and oxygen atoms in total. The van der Waals surface area contributed by atoms with Gasteiger partial charge in [0.05, 0.1) is 12.1 Å². The van der Waals surface area contributed by atoms with E-state index >= 15 is 0 Å². The van der Waals surface area contributed by atoms with Crippen LogP contribution in [0.1, 0.15) is 46.5 Å². The van der Waals surface area contributed by atoms with Crippen molar-refractivity contribution in [3.8, 4) is 0 Å². The molecule has 0 aromatic carbocycles. The van der Waals surface area contributed by atoms with Crippen molar-refractivity contribution in [1.29, 1.82) is 0 Å². The lowest BCUT2D eigenvalue weighted by Gasteiger charge is -2.35. The highest BCUT2D eigenvalue weighted by molar-refractivity contribution is 5.82. The lowest BCUT2D eigenvalue weighted by Crippen LogP contribution is -2.50. The Morgan fingerprint density at radius 3 is 2.24 bits per heavy atom. The summed E-state index contributed by atoms with van der Waals surface area (Å²) >= 11 is 0. The molecule has 21 heavy (non-hydrogen) atoms. The Bertz CT molecular complexity index is 373. The molecule has 1 saturated carbocycles. The molecule has 5 unspecified atom stereocenters. The van der Waals surface area contributed by atoms with Crippen molar-refractivity contribution in [2.24, 2.45) is 35.0 Å². The second kappa shape index (κ2) is 7.75. The standard InChI is InChI=1S/C15H30N4O2/c1-8(2)12(16)15(21)19-11-6-4-5-10(7-11)9(3)13(17)14(18)20/h8-13H,4-7,16-17H2,1-3H3,(H2,18,20)(H,19,21). The van der Waals surface area contributed by atoms with Crippen molar-refractivity contribution >= 4 is 11.8 Å². The van der Waals surface area contributed by atoms with Crippen LogP contribution >= 0.6 is 0 Å². The van der Waals surface area contributed by atoms with E-state index in [1.165, 1.54) is 0 Å². The van der Waals surface area contributed by atoms with Gasteiger partial charge in [-0.1, -0.05) is 27.2 Å². The molecule has 1 fully saturated rings. The van der Waals surface area contributed by atoms with Crippen LogP contribution in [0.3, 0.4) is 0 Å². The van der Waals surface area contributed by atoms with Crippen LogP contribution in [0.15, 0.2) is 0 Å². The number of rotatable bonds is 6. The number of amides is 2. The number of nitrogens with one attached hydrogen (secondary N) is 1. The Kier molecular flexibility index (Phi) is 6.61. The monoisotopic (exact) mass is 298 g/mol. The lowest BCUT2D eigenvalue weighted by molar-refractivity contribution is -0.124. The Morgan fingerprint density at radius 1 is 1.10 bits per heavy atom. The van der Waals surface area contributed by atoms with Crippen LogP contribution in [0.25, 0.3) is 0 Å². The summed E-state index contributed by atoms with van der Waals surface area (Å²) in [5.41, 5.74) is 17.0. The minimum absolute atomic E-state index is 0.0287. The van der Waals surface area contributed by atoms with E-state index < -0.39 is 18.0 Å². The SMILES string of the molecule is CC(C)C(N)C(=O)NC1CCCC(C(C)C(N)C(N)=O)C1. The highest BCUT2D eigenvalue weighted by Gasteiger charge is 2.32. The van der Waals surface area contributed by atoms with E-state index in [9.17, 15) is 9.59 Å². The van der Waals surface area contributed by atoms with Gasteiger partial charge in [0.2, 0.25) is 11.8 Å². The smallest absolute Gasteiger partial charge is 0.237 e. The zero-order valence-corrected chi connectivity index (χ0v) is 13.3. The van der Waals surface area contributed by atoms with Gasteiger partial charge in [-0.3, -0.25) is 9.59 Å². The predicted molar refractivity (Wildman–Crippen MR) is 83.0 cm³/mol. The van der Waals surface area contributed by atoms with E-state index in [1.54, 1.807) is 0 Å². The number of carbonyl (C=O) groups excluding carboxylic acids is 2. The molecule has 1 aliphatic carbocycles. The highest BCUT2D eigenvalue weighted by Crippen LogP contribution is 2.31. The zero-order chi connectivity index (χ0) is 16.2. The van der Waals surface area contributed by atoms with Crippen molar-refractivity contribution < 1.29 is 9.59 Å². The van der Waals surface area contributed by atoms with Gasteiger partial charge in [0, 0.05) is 6.04 Å². The van der Waals surface area contributed by atoms with Crippen LogP contribution in [-0.4, -0.2) is 29.9 Å². The molecular formula is C15H30N4O2. The first-order valence-electron chi connectivity index (χ1n) is 7.84. The molecule has 0 spiro atoms. The molecule has 6 heteroatoms. The summed E-state index contributed by atoms with van der Waals surface area (Å²) in [5, 5.41) is 3.03. The third kappa shape index (κ3) is 4.97. The molecule has 1 aliphatic rings. The van der Waals surface area contributed by atoms with Gasteiger partial charge in [-0.05, 0) is 37.0 Å².